The van der Waals surface area contributed by atoms with Crippen molar-refractivity contribution in [3.8, 4) is 5.75 Å². The van der Waals surface area contributed by atoms with Crippen molar-refractivity contribution >= 4 is 7.60 Å². The number of hydrogen-bond donors (Lipinski definition) is 3. The highest BCUT2D eigenvalue weighted by molar-refractivity contribution is 7.51. The summed E-state index contributed by atoms with van der Waals surface area (Å²) in [4.78, 5) is 18.0. The zero-order valence-corrected chi connectivity index (χ0v) is 16.1. The van der Waals surface area contributed by atoms with Crippen molar-refractivity contribution in [2.75, 3.05) is 6.35 Å². The predicted octanol–water partition coefficient (Wildman–Crippen LogP) is 4.55. The Labute approximate surface area is 149 Å². The van der Waals surface area contributed by atoms with Crippen molar-refractivity contribution < 1.29 is 24.2 Å². The summed E-state index contributed by atoms with van der Waals surface area (Å²) in [6, 6.07) is 3.99. The Morgan fingerprint density at radius 1 is 1.16 bits per heavy atom. The lowest BCUT2D eigenvalue weighted by Gasteiger charge is -2.20. The number of rotatable bonds is 6. The van der Waals surface area contributed by atoms with Gasteiger partial charge in [0.05, 0.1) is 5.76 Å². The lowest BCUT2D eigenvalue weighted by Crippen LogP contribution is -2.06. The van der Waals surface area contributed by atoms with E-state index >= 15 is 0 Å². The second kappa shape index (κ2) is 7.77. The second-order valence-electron chi connectivity index (χ2n) is 7.03. The summed E-state index contributed by atoms with van der Waals surface area (Å²) in [5, 5.41) is 10.0. The monoisotopic (exact) mass is 366 g/mol. The quantitative estimate of drug-likeness (QED) is 0.643. The van der Waals surface area contributed by atoms with Crippen LogP contribution in [0, 0.1) is 19.8 Å². The van der Waals surface area contributed by atoms with Crippen LogP contribution in [0.25, 0.3) is 0 Å². The first-order chi connectivity index (χ1) is 11.6. The molecule has 0 saturated heterocycles. The summed E-state index contributed by atoms with van der Waals surface area (Å²) in [6.07, 6.45) is 3.81. The molecule has 2 rings (SSSR count). The van der Waals surface area contributed by atoms with Gasteiger partial charge in [-0.2, -0.15) is 0 Å². The number of aliphatic hydroxyl groups excluding tert-OH is 1. The summed E-state index contributed by atoms with van der Waals surface area (Å²) in [6.45, 7) is 7.91. The van der Waals surface area contributed by atoms with Gasteiger partial charge in [0.2, 0.25) is 0 Å². The number of hydrogen-bond acceptors (Lipinski definition) is 3. The van der Waals surface area contributed by atoms with E-state index in [0.29, 0.717) is 23.8 Å². The standard InChI is InChI=1S/C19H27O5P/c1-12(2)17-10-15(5-6-18(17)20)9-16-7-13(3)19(14(4)8-16)24-11-25(21,22)23/h7-8,10,12,20H,5-6,9,11H2,1-4H3,(H2,21,22,23). The number of benzene rings is 1. The van der Waals surface area contributed by atoms with Crippen LogP contribution in [0.3, 0.4) is 0 Å². The Morgan fingerprint density at radius 3 is 2.28 bits per heavy atom. The summed E-state index contributed by atoms with van der Waals surface area (Å²) in [5.41, 5.74) is 5.15. The van der Waals surface area contributed by atoms with Gasteiger partial charge in [0, 0.05) is 6.42 Å². The van der Waals surface area contributed by atoms with Gasteiger partial charge in [0.1, 0.15) is 5.75 Å². The molecule has 0 bridgehead atoms. The van der Waals surface area contributed by atoms with Crippen LogP contribution in [0.15, 0.2) is 35.1 Å². The molecule has 5 nitrogen and oxygen atoms in total. The normalized spacial score (nSPS) is 15.6. The molecule has 25 heavy (non-hydrogen) atoms. The minimum Gasteiger partial charge on any atom is -0.512 e. The molecule has 0 heterocycles. The molecule has 0 atom stereocenters. The minimum atomic E-state index is -4.19. The van der Waals surface area contributed by atoms with Gasteiger partial charge in [-0.1, -0.05) is 37.6 Å². The lowest BCUT2D eigenvalue weighted by atomic mass is 9.88. The van der Waals surface area contributed by atoms with Gasteiger partial charge in [-0.3, -0.25) is 4.57 Å². The molecule has 0 amide bonds. The highest BCUT2D eigenvalue weighted by Gasteiger charge is 2.18. The molecule has 1 aromatic carbocycles. The average Bonchev–Trinajstić information content (AvgIpc) is 2.47. The molecule has 138 valence electrons. The molecule has 1 aromatic rings. The van der Waals surface area contributed by atoms with E-state index in [-0.39, 0.29) is 0 Å². The number of ether oxygens (including phenoxy) is 1. The molecule has 0 fully saturated rings. The first kappa shape index (κ1) is 19.8. The highest BCUT2D eigenvalue weighted by Crippen LogP contribution is 2.37. The molecular formula is C19H27O5P. The molecule has 0 aliphatic heterocycles. The van der Waals surface area contributed by atoms with E-state index < -0.39 is 13.9 Å². The molecule has 0 radical (unpaired) electrons. The van der Waals surface area contributed by atoms with Crippen LogP contribution in [-0.4, -0.2) is 21.2 Å². The predicted molar refractivity (Wildman–Crippen MR) is 99.0 cm³/mol. The molecule has 0 saturated carbocycles. The van der Waals surface area contributed by atoms with E-state index in [1.54, 1.807) is 0 Å². The topological polar surface area (TPSA) is 87.0 Å². The van der Waals surface area contributed by atoms with Gasteiger partial charge in [0.15, 0.2) is 6.35 Å². The van der Waals surface area contributed by atoms with Crippen LogP contribution >= 0.6 is 7.60 Å². The zero-order valence-electron chi connectivity index (χ0n) is 15.2. The van der Waals surface area contributed by atoms with Crippen LogP contribution in [0.1, 0.15) is 43.4 Å². The fourth-order valence-electron chi connectivity index (χ4n) is 3.22. The molecular weight excluding hydrogens is 339 g/mol. The van der Waals surface area contributed by atoms with E-state index in [9.17, 15) is 9.67 Å². The minimum absolute atomic E-state index is 0.294. The smallest absolute Gasteiger partial charge is 0.362 e. The molecule has 6 heteroatoms. The van der Waals surface area contributed by atoms with Gasteiger partial charge >= 0.3 is 7.60 Å². The van der Waals surface area contributed by atoms with Gasteiger partial charge in [-0.15, -0.1) is 0 Å². The molecule has 0 spiro atoms. The molecule has 3 N–H and O–H groups in total. The number of allylic oxidation sites excluding steroid dienone is 4. The molecule has 0 aromatic heterocycles. The number of aliphatic hydroxyl groups is 1. The maximum atomic E-state index is 11.0. The van der Waals surface area contributed by atoms with E-state index in [1.807, 2.05) is 26.0 Å². The van der Waals surface area contributed by atoms with E-state index in [4.69, 9.17) is 14.5 Å². The highest BCUT2D eigenvalue weighted by atomic mass is 31.2. The van der Waals surface area contributed by atoms with Crippen molar-refractivity contribution in [1.82, 2.24) is 0 Å². The van der Waals surface area contributed by atoms with E-state index in [0.717, 1.165) is 35.1 Å². The van der Waals surface area contributed by atoms with Gasteiger partial charge < -0.3 is 19.6 Å². The van der Waals surface area contributed by atoms with Crippen LogP contribution in [-0.2, 0) is 11.0 Å². The Bertz CT molecular complexity index is 732. The maximum Gasteiger partial charge on any atom is 0.362 e. The van der Waals surface area contributed by atoms with Crippen LogP contribution in [0.2, 0.25) is 0 Å². The fraction of sp³-hybridized carbons (Fsp3) is 0.474. The Balaban J connectivity index is 2.19. The fourth-order valence-corrected chi connectivity index (χ4v) is 3.52. The SMILES string of the molecule is Cc1cc(CC2=CC(C(C)C)=C(O)CC2)cc(C)c1OCP(=O)(O)O. The molecule has 1 aliphatic carbocycles. The van der Waals surface area contributed by atoms with Crippen LogP contribution < -0.4 is 4.74 Å². The Kier molecular flexibility index (Phi) is 6.15. The van der Waals surface area contributed by atoms with Crippen molar-refractivity contribution in [3.63, 3.8) is 0 Å². The van der Waals surface area contributed by atoms with E-state index in [1.165, 1.54) is 5.57 Å². The first-order valence-corrected chi connectivity index (χ1v) is 10.3. The summed E-state index contributed by atoms with van der Waals surface area (Å²) in [7, 11) is -4.19. The maximum absolute atomic E-state index is 11.0. The van der Waals surface area contributed by atoms with Gasteiger partial charge in [-0.25, -0.2) is 0 Å². The van der Waals surface area contributed by atoms with Crippen molar-refractivity contribution in [1.29, 1.82) is 0 Å². The van der Waals surface area contributed by atoms with Crippen LogP contribution in [0.5, 0.6) is 5.75 Å². The number of aryl methyl sites for hydroxylation is 2. The molecule has 0 unspecified atom stereocenters. The summed E-state index contributed by atoms with van der Waals surface area (Å²) < 4.78 is 16.3. The molecule has 1 aliphatic rings. The second-order valence-corrected chi connectivity index (χ2v) is 8.62. The van der Waals surface area contributed by atoms with Crippen LogP contribution in [0.4, 0.5) is 0 Å². The van der Waals surface area contributed by atoms with Crippen molar-refractivity contribution in [2.45, 2.75) is 47.0 Å². The largest absolute Gasteiger partial charge is 0.512 e. The Morgan fingerprint density at radius 2 is 1.76 bits per heavy atom. The zero-order chi connectivity index (χ0) is 18.8. The van der Waals surface area contributed by atoms with Crippen molar-refractivity contribution in [2.24, 2.45) is 5.92 Å². The van der Waals surface area contributed by atoms with E-state index in [2.05, 4.69) is 19.9 Å². The average molecular weight is 366 g/mol. The third kappa shape index (κ3) is 5.46. The third-order valence-corrected chi connectivity index (χ3v) is 4.79. The third-order valence-electron chi connectivity index (χ3n) is 4.33. The lowest BCUT2D eigenvalue weighted by molar-refractivity contribution is 0.298. The van der Waals surface area contributed by atoms with Gasteiger partial charge in [-0.05, 0) is 54.9 Å². The van der Waals surface area contributed by atoms with Gasteiger partial charge in [0.25, 0.3) is 0 Å². The van der Waals surface area contributed by atoms with Crippen molar-refractivity contribution in [3.05, 3.63) is 51.8 Å². The summed E-state index contributed by atoms with van der Waals surface area (Å²) in [5.74, 6) is 1.32. The Hall–Kier alpha value is -1.55. The summed E-state index contributed by atoms with van der Waals surface area (Å²) >= 11 is 0. The first-order valence-electron chi connectivity index (χ1n) is 8.45.